The summed E-state index contributed by atoms with van der Waals surface area (Å²) in [6.07, 6.45) is 7.08. The van der Waals surface area contributed by atoms with Crippen molar-refractivity contribution in [3.63, 3.8) is 0 Å². The van der Waals surface area contributed by atoms with E-state index in [1.54, 1.807) is 35.6 Å². The van der Waals surface area contributed by atoms with Crippen molar-refractivity contribution in [2.75, 3.05) is 0 Å². The Labute approximate surface area is 185 Å². The van der Waals surface area contributed by atoms with E-state index < -0.39 is 0 Å². The minimum atomic E-state index is -0.207. The monoisotopic (exact) mass is 423 g/mol. The number of carbonyl (C=O) groups is 1. The molecule has 0 aliphatic carbocycles. The lowest BCUT2D eigenvalue weighted by atomic mass is 10.1. The molecule has 5 aromatic rings. The lowest BCUT2D eigenvalue weighted by Crippen LogP contribution is -2.25. The highest BCUT2D eigenvalue weighted by Crippen LogP contribution is 2.22. The van der Waals surface area contributed by atoms with Crippen LogP contribution in [0.2, 0.25) is 0 Å². The number of furan rings is 1. The lowest BCUT2D eigenvalue weighted by molar-refractivity contribution is 0.0943. The molecule has 0 atom stereocenters. The van der Waals surface area contributed by atoms with Crippen LogP contribution in [0.4, 0.5) is 0 Å². The van der Waals surface area contributed by atoms with Crippen LogP contribution in [0.3, 0.4) is 0 Å². The summed E-state index contributed by atoms with van der Waals surface area (Å²) < 4.78 is 9.12. The predicted octanol–water partition coefficient (Wildman–Crippen LogP) is 4.31. The summed E-state index contributed by atoms with van der Waals surface area (Å²) in [4.78, 5) is 17.1. The molecule has 0 spiro atoms. The Morgan fingerprint density at radius 1 is 0.969 bits per heavy atom. The first-order chi connectivity index (χ1) is 15.8. The molecule has 2 aromatic carbocycles. The Kier molecular flexibility index (Phi) is 5.36. The molecule has 0 saturated carbocycles. The van der Waals surface area contributed by atoms with Gasteiger partial charge in [-0.2, -0.15) is 5.10 Å². The molecule has 7 heteroatoms. The van der Waals surface area contributed by atoms with Crippen molar-refractivity contribution in [1.29, 1.82) is 0 Å². The van der Waals surface area contributed by atoms with Crippen LogP contribution in [0, 0.1) is 0 Å². The van der Waals surface area contributed by atoms with Crippen LogP contribution < -0.4 is 5.32 Å². The molecule has 5 rings (SSSR count). The van der Waals surface area contributed by atoms with Crippen LogP contribution in [0.5, 0.6) is 0 Å². The molecule has 0 bridgehead atoms. The summed E-state index contributed by atoms with van der Waals surface area (Å²) in [5.74, 6) is 0.406. The fourth-order valence-corrected chi connectivity index (χ4v) is 3.48. The van der Waals surface area contributed by atoms with E-state index in [0.717, 1.165) is 17.8 Å². The minimum absolute atomic E-state index is 0.207. The fraction of sp³-hybridized carbons (Fsp3) is 0.0800. The second-order valence-electron chi connectivity index (χ2n) is 7.37. The smallest absolute Gasteiger partial charge is 0.270 e. The normalized spacial score (nSPS) is 10.9. The number of hydrogen-bond donors (Lipinski definition) is 1. The number of hydrogen-bond acceptors (Lipinski definition) is 4. The number of benzene rings is 2. The molecule has 0 radical (unpaired) electrons. The molecule has 0 saturated heterocycles. The average molecular weight is 423 g/mol. The van der Waals surface area contributed by atoms with Gasteiger partial charge in [-0.05, 0) is 35.4 Å². The molecule has 7 nitrogen and oxygen atoms in total. The van der Waals surface area contributed by atoms with Gasteiger partial charge in [0.25, 0.3) is 5.91 Å². The Hall–Kier alpha value is -4.39. The Bertz CT molecular complexity index is 1290. The van der Waals surface area contributed by atoms with Crippen LogP contribution in [0.15, 0.2) is 102 Å². The summed E-state index contributed by atoms with van der Waals surface area (Å²) in [6.45, 7) is 1.18. The number of amides is 1. The van der Waals surface area contributed by atoms with E-state index in [2.05, 4.69) is 27.5 Å². The third kappa shape index (κ3) is 4.22. The third-order valence-corrected chi connectivity index (χ3v) is 5.12. The molecule has 32 heavy (non-hydrogen) atoms. The molecular weight excluding hydrogens is 402 g/mol. The van der Waals surface area contributed by atoms with E-state index in [-0.39, 0.29) is 5.91 Å². The first kappa shape index (κ1) is 19.6. The number of para-hydroxylation sites is 1. The Morgan fingerprint density at radius 2 is 1.78 bits per heavy atom. The van der Waals surface area contributed by atoms with Crippen LogP contribution in [0.1, 0.15) is 21.6 Å². The van der Waals surface area contributed by atoms with Crippen LogP contribution in [0.25, 0.3) is 17.1 Å². The van der Waals surface area contributed by atoms with Crippen molar-refractivity contribution in [3.05, 3.63) is 115 Å². The van der Waals surface area contributed by atoms with Gasteiger partial charge in [0.15, 0.2) is 5.76 Å². The van der Waals surface area contributed by atoms with Gasteiger partial charge in [-0.15, -0.1) is 0 Å². The van der Waals surface area contributed by atoms with Gasteiger partial charge in [0.1, 0.15) is 11.4 Å². The number of aromatic nitrogens is 4. The maximum absolute atomic E-state index is 13.1. The first-order valence-corrected chi connectivity index (χ1v) is 10.3. The number of nitrogens with one attached hydrogen (secondary N) is 1. The van der Waals surface area contributed by atoms with E-state index in [0.29, 0.717) is 23.7 Å². The van der Waals surface area contributed by atoms with Crippen molar-refractivity contribution in [2.24, 2.45) is 0 Å². The molecule has 1 amide bonds. The van der Waals surface area contributed by atoms with Gasteiger partial charge < -0.3 is 14.3 Å². The maximum Gasteiger partial charge on any atom is 0.270 e. The zero-order valence-electron chi connectivity index (χ0n) is 17.3. The quantitative estimate of drug-likeness (QED) is 0.423. The van der Waals surface area contributed by atoms with Gasteiger partial charge >= 0.3 is 0 Å². The highest BCUT2D eigenvalue weighted by atomic mass is 16.3. The molecule has 3 heterocycles. The molecule has 0 unspecified atom stereocenters. The zero-order valence-corrected chi connectivity index (χ0v) is 17.3. The number of imidazole rings is 1. The van der Waals surface area contributed by atoms with Gasteiger partial charge in [-0.1, -0.05) is 42.5 Å². The SMILES string of the molecule is O=C(NCc1ccc(Cn2ccnc2)cc1)c1cc(-c2ccco2)nn1-c1ccccc1. The second kappa shape index (κ2) is 8.77. The van der Waals surface area contributed by atoms with Crippen molar-refractivity contribution < 1.29 is 9.21 Å². The van der Waals surface area contributed by atoms with Crippen molar-refractivity contribution in [3.8, 4) is 17.1 Å². The van der Waals surface area contributed by atoms with Crippen molar-refractivity contribution in [1.82, 2.24) is 24.6 Å². The topological polar surface area (TPSA) is 77.9 Å². The summed E-state index contributed by atoms with van der Waals surface area (Å²) >= 11 is 0. The Morgan fingerprint density at radius 3 is 2.50 bits per heavy atom. The summed E-state index contributed by atoms with van der Waals surface area (Å²) in [7, 11) is 0. The average Bonchev–Trinajstić information content (AvgIpc) is 3.60. The maximum atomic E-state index is 13.1. The van der Waals surface area contributed by atoms with E-state index in [1.165, 1.54) is 5.56 Å². The van der Waals surface area contributed by atoms with Crippen LogP contribution in [-0.4, -0.2) is 25.2 Å². The second-order valence-corrected chi connectivity index (χ2v) is 7.37. The predicted molar refractivity (Wildman–Crippen MR) is 120 cm³/mol. The summed E-state index contributed by atoms with van der Waals surface area (Å²) in [5, 5.41) is 7.60. The van der Waals surface area contributed by atoms with Gasteiger partial charge in [-0.3, -0.25) is 4.79 Å². The number of carbonyl (C=O) groups excluding carboxylic acids is 1. The molecule has 0 aliphatic heterocycles. The van der Waals surface area contributed by atoms with E-state index in [4.69, 9.17) is 4.42 Å². The largest absolute Gasteiger partial charge is 0.463 e. The van der Waals surface area contributed by atoms with Gasteiger partial charge in [0, 0.05) is 31.5 Å². The summed E-state index contributed by atoms with van der Waals surface area (Å²) in [6, 6.07) is 23.1. The molecule has 1 N–H and O–H groups in total. The van der Waals surface area contributed by atoms with Gasteiger partial charge in [-0.25, -0.2) is 9.67 Å². The molecular formula is C25H21N5O2. The van der Waals surface area contributed by atoms with Crippen molar-refractivity contribution in [2.45, 2.75) is 13.1 Å². The molecule has 3 aromatic heterocycles. The fourth-order valence-electron chi connectivity index (χ4n) is 3.48. The van der Waals surface area contributed by atoms with E-state index >= 15 is 0 Å². The lowest BCUT2D eigenvalue weighted by Gasteiger charge is -2.09. The third-order valence-electron chi connectivity index (χ3n) is 5.12. The van der Waals surface area contributed by atoms with Gasteiger partial charge in [0.05, 0.1) is 18.3 Å². The first-order valence-electron chi connectivity index (χ1n) is 10.3. The van der Waals surface area contributed by atoms with E-state index in [1.807, 2.05) is 59.3 Å². The minimum Gasteiger partial charge on any atom is -0.463 e. The standard InChI is InChI=1S/C25H21N5O2/c31-25(27-16-19-8-10-20(11-9-19)17-29-13-12-26-18-29)23-15-22(24-7-4-14-32-24)28-30(23)21-5-2-1-3-6-21/h1-15,18H,16-17H2,(H,27,31). The van der Waals surface area contributed by atoms with Crippen LogP contribution in [-0.2, 0) is 13.1 Å². The Balaban J connectivity index is 1.32. The molecule has 0 aliphatic rings. The summed E-state index contributed by atoms with van der Waals surface area (Å²) in [5.41, 5.74) is 4.04. The molecule has 158 valence electrons. The van der Waals surface area contributed by atoms with Crippen molar-refractivity contribution >= 4 is 5.91 Å². The molecule has 0 fully saturated rings. The van der Waals surface area contributed by atoms with E-state index in [9.17, 15) is 4.79 Å². The van der Waals surface area contributed by atoms with Crippen LogP contribution >= 0.6 is 0 Å². The number of nitrogens with zero attached hydrogens (tertiary/aromatic N) is 4. The number of rotatable bonds is 7. The highest BCUT2D eigenvalue weighted by molar-refractivity contribution is 5.94. The van der Waals surface area contributed by atoms with Gasteiger partial charge in [0.2, 0.25) is 0 Å². The highest BCUT2D eigenvalue weighted by Gasteiger charge is 2.18. The zero-order chi connectivity index (χ0) is 21.8.